The van der Waals surface area contributed by atoms with E-state index in [1.165, 1.54) is 25.7 Å². The van der Waals surface area contributed by atoms with Crippen LogP contribution in [0.25, 0.3) is 0 Å². The number of carboxylic acids is 1. The van der Waals surface area contributed by atoms with Gasteiger partial charge >= 0.3 is 0 Å². The van der Waals surface area contributed by atoms with Gasteiger partial charge in [-0.05, 0) is 61.7 Å². The molecule has 0 spiro atoms. The third kappa shape index (κ3) is 4.17. The molecule has 2 aliphatic carbocycles. The van der Waals surface area contributed by atoms with E-state index in [1.54, 1.807) is 0 Å². The van der Waals surface area contributed by atoms with Gasteiger partial charge < -0.3 is 10.2 Å². The molecule has 130 valence electrons. The maximum atomic E-state index is 10.8. The number of hydrogen-bond acceptors (Lipinski definition) is 2. The molecule has 2 N–H and O–H groups in total. The van der Waals surface area contributed by atoms with Crippen LogP contribution >= 0.6 is 11.6 Å². The second kappa shape index (κ2) is 7.09. The monoisotopic (exact) mass is 332 g/mol. The lowest BCUT2D eigenvalue weighted by molar-refractivity contribution is -0.167. The zero-order valence-electron chi connectivity index (χ0n) is 14.8. The van der Waals surface area contributed by atoms with E-state index in [0.29, 0.717) is 17.2 Å². The van der Waals surface area contributed by atoms with Crippen LogP contribution in [-0.2, 0) is 4.79 Å². The van der Waals surface area contributed by atoms with Crippen LogP contribution in [0.5, 0.6) is 0 Å². The first kappa shape index (κ1) is 19.8. The van der Waals surface area contributed by atoms with E-state index in [2.05, 4.69) is 20.8 Å². The van der Waals surface area contributed by atoms with Crippen molar-refractivity contribution in [1.82, 2.24) is 0 Å². The Labute approximate surface area is 140 Å². The van der Waals surface area contributed by atoms with Gasteiger partial charge in [0.1, 0.15) is 0 Å². The van der Waals surface area contributed by atoms with Crippen LogP contribution in [-0.4, -0.2) is 27.7 Å². The second-order valence-electron chi connectivity index (χ2n) is 8.35. The molecule has 2 aliphatic rings. The molecule has 0 aliphatic heterocycles. The predicted molar refractivity (Wildman–Crippen MR) is 91.2 cm³/mol. The third-order valence-electron chi connectivity index (χ3n) is 6.16. The normalized spacial score (nSPS) is 40.1. The van der Waals surface area contributed by atoms with E-state index < -0.39 is 11.6 Å². The molecule has 4 unspecified atom stereocenters. The molecular weight excluding hydrogens is 300 g/mol. The number of fused-ring (bicyclic) bond motifs is 1. The lowest BCUT2D eigenvalue weighted by Crippen LogP contribution is -2.57. The van der Waals surface area contributed by atoms with Gasteiger partial charge in [-0.2, -0.15) is 0 Å². The quantitative estimate of drug-likeness (QED) is 0.720. The molecule has 0 saturated heterocycles. The number of halogens is 1. The summed E-state index contributed by atoms with van der Waals surface area (Å²) in [5.74, 6) is 0.942. The maximum Gasteiger partial charge on any atom is 0.300 e. The lowest BCUT2D eigenvalue weighted by Gasteiger charge is -2.61. The maximum absolute atomic E-state index is 10.8. The molecule has 0 radical (unpaired) electrons. The Morgan fingerprint density at radius 3 is 2.23 bits per heavy atom. The molecular formula is C18H33ClO3. The fraction of sp³-hybridized carbons (Fsp3) is 0.944. The first-order valence-corrected chi connectivity index (χ1v) is 8.98. The molecule has 0 heterocycles. The Balaban J connectivity index is 0.000000541. The Hall–Kier alpha value is -0.280. The van der Waals surface area contributed by atoms with Crippen molar-refractivity contribution < 1.29 is 15.0 Å². The lowest BCUT2D eigenvalue weighted by atomic mass is 9.45. The Bertz CT molecular complexity index is 388. The first-order chi connectivity index (χ1) is 9.97. The zero-order valence-corrected chi connectivity index (χ0v) is 15.5. The van der Waals surface area contributed by atoms with Gasteiger partial charge in [-0.15, -0.1) is 11.6 Å². The molecule has 0 aromatic heterocycles. The van der Waals surface area contributed by atoms with Crippen molar-refractivity contribution in [2.45, 2.75) is 78.7 Å². The topological polar surface area (TPSA) is 57.5 Å². The summed E-state index contributed by atoms with van der Waals surface area (Å²) < 4.78 is 0. The second-order valence-corrected chi connectivity index (χ2v) is 8.72. The fourth-order valence-corrected chi connectivity index (χ4v) is 5.59. The number of hydrogen-bond donors (Lipinski definition) is 2. The number of aliphatic hydroxyl groups is 1. The molecule has 3 nitrogen and oxygen atoms in total. The van der Waals surface area contributed by atoms with Crippen molar-refractivity contribution >= 4 is 17.6 Å². The molecule has 0 bridgehead atoms. The van der Waals surface area contributed by atoms with E-state index in [9.17, 15) is 5.11 Å². The highest BCUT2D eigenvalue weighted by Crippen LogP contribution is 2.62. The van der Waals surface area contributed by atoms with E-state index in [-0.39, 0.29) is 5.41 Å². The van der Waals surface area contributed by atoms with Crippen molar-refractivity contribution in [2.24, 2.45) is 22.7 Å². The van der Waals surface area contributed by atoms with Crippen LogP contribution in [0.1, 0.15) is 73.1 Å². The number of carboxylic acid groups (broad SMARTS) is 1. The summed E-state index contributed by atoms with van der Waals surface area (Å²) >= 11 is 6.02. The standard InChI is InChI=1S/C16H29ClO.C2H4O2/c1-14(2)8-5-9-15(3)12(14)6-10-16(4,18)13(15)7-11-17;1-2(3)4/h12-13,18H,5-11H2,1-4H3;1H3,(H,3,4). The minimum atomic E-state index is -0.833. The van der Waals surface area contributed by atoms with Crippen LogP contribution in [0, 0.1) is 22.7 Å². The number of aliphatic carboxylic acids is 1. The number of carbonyl (C=O) groups is 1. The zero-order chi connectivity index (χ0) is 17.2. The van der Waals surface area contributed by atoms with Crippen molar-refractivity contribution in [2.75, 3.05) is 5.88 Å². The van der Waals surface area contributed by atoms with Gasteiger partial charge in [0, 0.05) is 12.8 Å². The van der Waals surface area contributed by atoms with Crippen LogP contribution < -0.4 is 0 Å². The van der Waals surface area contributed by atoms with Crippen molar-refractivity contribution in [3.8, 4) is 0 Å². The molecule has 0 aromatic rings. The highest BCUT2D eigenvalue weighted by Gasteiger charge is 2.57. The van der Waals surface area contributed by atoms with E-state index >= 15 is 0 Å². The SMILES string of the molecule is CC(=O)O.CC1(C)CCCC2(C)C1CCC(C)(O)C2CCCl. The van der Waals surface area contributed by atoms with Gasteiger partial charge in [0.2, 0.25) is 0 Å². The Morgan fingerprint density at radius 2 is 1.73 bits per heavy atom. The molecule has 0 aromatic carbocycles. The summed E-state index contributed by atoms with van der Waals surface area (Å²) in [7, 11) is 0. The molecule has 2 saturated carbocycles. The molecule has 2 rings (SSSR count). The molecule has 22 heavy (non-hydrogen) atoms. The van der Waals surface area contributed by atoms with Crippen molar-refractivity contribution in [3.63, 3.8) is 0 Å². The molecule has 4 heteroatoms. The first-order valence-electron chi connectivity index (χ1n) is 8.45. The van der Waals surface area contributed by atoms with Crippen LogP contribution in [0.4, 0.5) is 0 Å². The summed E-state index contributed by atoms with van der Waals surface area (Å²) in [6.45, 7) is 10.4. The van der Waals surface area contributed by atoms with Crippen molar-refractivity contribution in [1.29, 1.82) is 0 Å². The summed E-state index contributed by atoms with van der Waals surface area (Å²) in [5, 5.41) is 18.2. The number of alkyl halides is 1. The average Bonchev–Trinajstić information content (AvgIpc) is 2.32. The van der Waals surface area contributed by atoms with E-state index in [1.807, 2.05) is 6.92 Å². The summed E-state index contributed by atoms with van der Waals surface area (Å²) in [5.41, 5.74) is 0.181. The minimum Gasteiger partial charge on any atom is -0.481 e. The molecule has 2 fully saturated rings. The third-order valence-corrected chi connectivity index (χ3v) is 6.38. The van der Waals surface area contributed by atoms with Gasteiger partial charge in [-0.3, -0.25) is 4.79 Å². The summed E-state index contributed by atoms with van der Waals surface area (Å²) in [6.07, 6.45) is 6.97. The molecule has 4 atom stereocenters. The fourth-order valence-electron chi connectivity index (χ4n) is 5.37. The largest absolute Gasteiger partial charge is 0.481 e. The Morgan fingerprint density at radius 1 is 1.18 bits per heavy atom. The van der Waals surface area contributed by atoms with E-state index in [4.69, 9.17) is 21.5 Å². The Kier molecular flexibility index (Phi) is 6.37. The van der Waals surface area contributed by atoms with Crippen molar-refractivity contribution in [3.05, 3.63) is 0 Å². The minimum absolute atomic E-state index is 0.276. The van der Waals surface area contributed by atoms with Crippen LogP contribution in [0.15, 0.2) is 0 Å². The van der Waals surface area contributed by atoms with Gasteiger partial charge in [0.15, 0.2) is 0 Å². The van der Waals surface area contributed by atoms with Gasteiger partial charge in [0.05, 0.1) is 5.60 Å². The van der Waals surface area contributed by atoms with Gasteiger partial charge in [-0.1, -0.05) is 27.2 Å². The van der Waals surface area contributed by atoms with Crippen LogP contribution in [0.3, 0.4) is 0 Å². The molecule has 0 amide bonds. The predicted octanol–water partition coefficient (Wildman–Crippen LogP) is 4.70. The number of rotatable bonds is 2. The van der Waals surface area contributed by atoms with Gasteiger partial charge in [-0.25, -0.2) is 0 Å². The van der Waals surface area contributed by atoms with E-state index in [0.717, 1.165) is 25.7 Å². The summed E-state index contributed by atoms with van der Waals surface area (Å²) in [6, 6.07) is 0. The highest BCUT2D eigenvalue weighted by molar-refractivity contribution is 6.17. The van der Waals surface area contributed by atoms with Crippen LogP contribution in [0.2, 0.25) is 0 Å². The average molecular weight is 333 g/mol. The highest BCUT2D eigenvalue weighted by atomic mass is 35.5. The van der Waals surface area contributed by atoms with Gasteiger partial charge in [0.25, 0.3) is 5.97 Å². The smallest absolute Gasteiger partial charge is 0.300 e. The summed E-state index contributed by atoms with van der Waals surface area (Å²) in [4.78, 5) is 9.00.